The highest BCUT2D eigenvalue weighted by atomic mass is 79.9. The lowest BCUT2D eigenvalue weighted by Crippen LogP contribution is -2.51. The van der Waals surface area contributed by atoms with Crippen molar-refractivity contribution < 1.29 is 4.79 Å². The second kappa shape index (κ2) is 6.40. The Morgan fingerprint density at radius 3 is 2.37 bits per heavy atom. The van der Waals surface area contributed by atoms with E-state index in [0.29, 0.717) is 22.6 Å². The van der Waals surface area contributed by atoms with Crippen molar-refractivity contribution in [3.05, 3.63) is 34.3 Å². The van der Waals surface area contributed by atoms with Crippen LogP contribution < -0.4 is 5.32 Å². The molecule has 6 rings (SSSR count). The van der Waals surface area contributed by atoms with Crippen LogP contribution in [-0.2, 0) is 0 Å². The number of carbonyl (C=O) groups excluding carboxylic acids is 1. The van der Waals surface area contributed by atoms with Gasteiger partial charge in [0.05, 0.1) is 15.7 Å². The average molecular weight is 430 g/mol. The van der Waals surface area contributed by atoms with E-state index in [4.69, 9.17) is 0 Å². The van der Waals surface area contributed by atoms with Gasteiger partial charge in [-0.2, -0.15) is 5.10 Å². The van der Waals surface area contributed by atoms with Crippen LogP contribution in [-0.4, -0.2) is 32.2 Å². The standard InChI is InChI=1S/C20H24BrN5O/c1-12-17(10-26(25-12)19-22-8-16(21)9-23-19)18(27)24-11-20-5-13-2-14(6-20)4-15(3-13)7-20/h8-10,13-15H,2-7,11H2,1H3,(H,24,27). The lowest BCUT2D eigenvalue weighted by molar-refractivity contribution is -0.0503. The van der Waals surface area contributed by atoms with Crippen LogP contribution in [0.15, 0.2) is 23.1 Å². The van der Waals surface area contributed by atoms with Gasteiger partial charge in [-0.1, -0.05) is 0 Å². The number of amides is 1. The molecule has 4 bridgehead atoms. The monoisotopic (exact) mass is 429 g/mol. The number of hydrogen-bond donors (Lipinski definition) is 1. The molecule has 0 aromatic carbocycles. The van der Waals surface area contributed by atoms with Gasteiger partial charge in [0.15, 0.2) is 0 Å². The Balaban J connectivity index is 1.30. The molecule has 2 aromatic rings. The molecule has 2 aromatic heterocycles. The Bertz CT molecular complexity index is 840. The zero-order valence-corrected chi connectivity index (χ0v) is 17.1. The fourth-order valence-corrected chi connectivity index (χ4v) is 6.28. The number of carbonyl (C=O) groups is 1. The van der Waals surface area contributed by atoms with Gasteiger partial charge < -0.3 is 5.32 Å². The van der Waals surface area contributed by atoms with Crippen molar-refractivity contribution in [1.82, 2.24) is 25.1 Å². The maximum atomic E-state index is 12.8. The minimum Gasteiger partial charge on any atom is -0.351 e. The van der Waals surface area contributed by atoms with Crippen molar-refractivity contribution in [2.24, 2.45) is 23.2 Å². The van der Waals surface area contributed by atoms with E-state index in [2.05, 4.69) is 36.3 Å². The lowest BCUT2D eigenvalue weighted by Gasteiger charge is -2.56. The molecule has 4 fully saturated rings. The van der Waals surface area contributed by atoms with Gasteiger partial charge in [0.1, 0.15) is 0 Å². The molecule has 4 aliphatic carbocycles. The third-order valence-electron chi connectivity index (χ3n) is 6.74. The predicted octanol–water partition coefficient (Wildman–Crippen LogP) is 3.68. The second-order valence-electron chi connectivity index (χ2n) is 8.87. The zero-order chi connectivity index (χ0) is 18.6. The summed E-state index contributed by atoms with van der Waals surface area (Å²) in [7, 11) is 0. The summed E-state index contributed by atoms with van der Waals surface area (Å²) >= 11 is 3.33. The Hall–Kier alpha value is -1.76. The molecule has 6 nitrogen and oxygen atoms in total. The highest BCUT2D eigenvalue weighted by molar-refractivity contribution is 9.10. The molecule has 0 aliphatic heterocycles. The first-order valence-corrected chi connectivity index (χ1v) is 10.6. The van der Waals surface area contributed by atoms with Crippen molar-refractivity contribution >= 4 is 21.8 Å². The number of nitrogens with one attached hydrogen (secondary N) is 1. The van der Waals surface area contributed by atoms with Crippen LogP contribution in [0.25, 0.3) is 5.95 Å². The molecular weight excluding hydrogens is 406 g/mol. The first kappa shape index (κ1) is 17.3. The first-order chi connectivity index (χ1) is 13.0. The topological polar surface area (TPSA) is 72.7 Å². The van der Waals surface area contributed by atoms with Crippen LogP contribution in [0.2, 0.25) is 0 Å². The molecule has 0 saturated heterocycles. The molecule has 142 valence electrons. The molecule has 7 heteroatoms. The smallest absolute Gasteiger partial charge is 0.254 e. The summed E-state index contributed by atoms with van der Waals surface area (Å²) in [6.07, 6.45) is 13.2. The van der Waals surface area contributed by atoms with Crippen LogP contribution in [0.1, 0.15) is 54.6 Å². The molecule has 4 aliphatic rings. The van der Waals surface area contributed by atoms with Gasteiger partial charge in [0, 0.05) is 25.1 Å². The lowest BCUT2D eigenvalue weighted by atomic mass is 9.49. The minimum atomic E-state index is -0.0355. The van der Waals surface area contributed by atoms with E-state index in [1.165, 1.54) is 38.5 Å². The van der Waals surface area contributed by atoms with Gasteiger partial charge in [-0.3, -0.25) is 4.79 Å². The quantitative estimate of drug-likeness (QED) is 0.804. The number of hydrogen-bond acceptors (Lipinski definition) is 4. The Kier molecular flexibility index (Phi) is 4.11. The Morgan fingerprint density at radius 2 is 1.78 bits per heavy atom. The molecule has 0 spiro atoms. The normalized spacial score (nSPS) is 31.3. The largest absolute Gasteiger partial charge is 0.351 e. The zero-order valence-electron chi connectivity index (χ0n) is 15.5. The maximum Gasteiger partial charge on any atom is 0.254 e. The molecule has 1 N–H and O–H groups in total. The summed E-state index contributed by atoms with van der Waals surface area (Å²) < 4.78 is 2.38. The maximum absolute atomic E-state index is 12.8. The van der Waals surface area contributed by atoms with Crippen molar-refractivity contribution in [2.45, 2.75) is 45.4 Å². The van der Waals surface area contributed by atoms with Crippen molar-refractivity contribution in [3.63, 3.8) is 0 Å². The van der Waals surface area contributed by atoms with Gasteiger partial charge in [-0.15, -0.1) is 0 Å². The van der Waals surface area contributed by atoms with E-state index in [-0.39, 0.29) is 5.91 Å². The van der Waals surface area contributed by atoms with Gasteiger partial charge >= 0.3 is 0 Å². The molecule has 1 amide bonds. The summed E-state index contributed by atoms with van der Waals surface area (Å²) in [5.41, 5.74) is 1.64. The van der Waals surface area contributed by atoms with Crippen LogP contribution >= 0.6 is 15.9 Å². The second-order valence-corrected chi connectivity index (χ2v) is 9.79. The molecule has 0 unspecified atom stereocenters. The molecule has 0 radical (unpaired) electrons. The third-order valence-corrected chi connectivity index (χ3v) is 7.15. The van der Waals surface area contributed by atoms with Crippen molar-refractivity contribution in [2.75, 3.05) is 6.54 Å². The number of rotatable bonds is 4. The fourth-order valence-electron chi connectivity index (χ4n) is 6.08. The fraction of sp³-hybridized carbons (Fsp3) is 0.600. The number of halogens is 1. The van der Waals surface area contributed by atoms with E-state index in [1.54, 1.807) is 23.3 Å². The highest BCUT2D eigenvalue weighted by Crippen LogP contribution is 2.59. The van der Waals surface area contributed by atoms with Crippen LogP contribution in [0.3, 0.4) is 0 Å². The summed E-state index contributed by atoms with van der Waals surface area (Å²) in [4.78, 5) is 21.3. The third kappa shape index (κ3) is 3.20. The van der Waals surface area contributed by atoms with E-state index >= 15 is 0 Å². The summed E-state index contributed by atoms with van der Waals surface area (Å²) in [5, 5.41) is 7.65. The van der Waals surface area contributed by atoms with E-state index in [1.807, 2.05) is 6.92 Å². The van der Waals surface area contributed by atoms with E-state index in [0.717, 1.165) is 28.8 Å². The average Bonchev–Trinajstić information content (AvgIpc) is 3.01. The van der Waals surface area contributed by atoms with Crippen LogP contribution in [0, 0.1) is 30.1 Å². The van der Waals surface area contributed by atoms with E-state index < -0.39 is 0 Å². The van der Waals surface area contributed by atoms with Crippen LogP contribution in [0.5, 0.6) is 0 Å². The van der Waals surface area contributed by atoms with Crippen molar-refractivity contribution in [1.29, 1.82) is 0 Å². The number of aryl methyl sites for hydroxylation is 1. The molecular formula is C20H24BrN5O. The molecule has 27 heavy (non-hydrogen) atoms. The van der Waals surface area contributed by atoms with Crippen molar-refractivity contribution in [3.8, 4) is 5.95 Å². The number of aromatic nitrogens is 4. The van der Waals surface area contributed by atoms with Gasteiger partial charge in [0.25, 0.3) is 11.9 Å². The summed E-state index contributed by atoms with van der Waals surface area (Å²) in [6, 6.07) is 0. The summed E-state index contributed by atoms with van der Waals surface area (Å²) in [5.74, 6) is 3.11. The highest BCUT2D eigenvalue weighted by Gasteiger charge is 2.50. The van der Waals surface area contributed by atoms with E-state index in [9.17, 15) is 4.79 Å². The minimum absolute atomic E-state index is 0.0355. The van der Waals surface area contributed by atoms with Gasteiger partial charge in [-0.05, 0) is 84.5 Å². The summed E-state index contributed by atoms with van der Waals surface area (Å²) in [6.45, 7) is 2.66. The first-order valence-electron chi connectivity index (χ1n) is 9.82. The van der Waals surface area contributed by atoms with Crippen LogP contribution in [0.4, 0.5) is 0 Å². The predicted molar refractivity (Wildman–Crippen MR) is 105 cm³/mol. The van der Waals surface area contributed by atoms with Gasteiger partial charge in [0.2, 0.25) is 0 Å². The van der Waals surface area contributed by atoms with Gasteiger partial charge in [-0.25, -0.2) is 14.6 Å². The Morgan fingerprint density at radius 1 is 1.19 bits per heavy atom. The SMILES string of the molecule is Cc1nn(-c2ncc(Br)cn2)cc1C(=O)NCC12CC3CC(CC(C3)C1)C2. The molecule has 0 atom stereocenters. The number of nitrogens with zero attached hydrogens (tertiary/aromatic N) is 4. The molecule has 2 heterocycles. The molecule has 4 saturated carbocycles. The Labute approximate surface area is 167 Å².